The number of rotatable bonds is 7. The first-order valence-corrected chi connectivity index (χ1v) is 9.49. The molecule has 0 saturated heterocycles. The Bertz CT molecular complexity index is 993. The summed E-state index contributed by atoms with van der Waals surface area (Å²) in [4.78, 5) is 16.5. The molecule has 0 radical (unpaired) electrons. The Balaban J connectivity index is 2.08. The number of halogens is 4. The van der Waals surface area contributed by atoms with Crippen molar-refractivity contribution in [1.82, 2.24) is 4.98 Å². The molecule has 11 heteroatoms. The number of nitrogen functional groups attached to an aromatic ring is 1. The fourth-order valence-electron chi connectivity index (χ4n) is 3.99. The van der Waals surface area contributed by atoms with Crippen molar-refractivity contribution in [2.45, 2.75) is 25.4 Å². The van der Waals surface area contributed by atoms with Gasteiger partial charge in [-0.05, 0) is 37.1 Å². The first-order chi connectivity index (χ1) is 14.5. The van der Waals surface area contributed by atoms with Crippen LogP contribution in [0.1, 0.15) is 24.8 Å². The summed E-state index contributed by atoms with van der Waals surface area (Å²) in [6.45, 7) is 0.888. The smallest absolute Gasteiger partial charge is 0.384 e. The maximum absolute atomic E-state index is 13.9. The van der Waals surface area contributed by atoms with Crippen molar-refractivity contribution >= 4 is 17.2 Å². The van der Waals surface area contributed by atoms with Gasteiger partial charge in [0, 0.05) is 31.7 Å². The average Bonchev–Trinajstić information content (AvgIpc) is 2.64. The zero-order valence-electron chi connectivity index (χ0n) is 17.0. The molecule has 0 spiro atoms. The van der Waals surface area contributed by atoms with E-state index >= 15 is 0 Å². The molecule has 1 fully saturated rings. The second kappa shape index (κ2) is 8.29. The first kappa shape index (κ1) is 22.7. The summed E-state index contributed by atoms with van der Waals surface area (Å²) in [5.74, 6) is -1.57. The molecule has 0 aliphatic heterocycles. The van der Waals surface area contributed by atoms with Crippen molar-refractivity contribution in [3.05, 3.63) is 45.8 Å². The van der Waals surface area contributed by atoms with E-state index in [1.54, 1.807) is 19.1 Å². The minimum absolute atomic E-state index is 0.0905. The molecular formula is C20H22F4N4O3. The number of hydrogen-bond donors (Lipinski definition) is 1. The molecule has 1 aliphatic carbocycles. The Hall–Kier alpha value is -2.95. The normalized spacial score (nSPS) is 15.4. The van der Waals surface area contributed by atoms with Gasteiger partial charge in [0.25, 0.3) is 0 Å². The quantitative estimate of drug-likeness (QED) is 0.381. The van der Waals surface area contributed by atoms with Gasteiger partial charge in [-0.15, -0.1) is 0 Å². The Morgan fingerprint density at radius 1 is 1.29 bits per heavy atom. The van der Waals surface area contributed by atoms with Gasteiger partial charge >= 0.3 is 11.9 Å². The van der Waals surface area contributed by atoms with Crippen LogP contribution >= 0.6 is 0 Å². The highest BCUT2D eigenvalue weighted by Crippen LogP contribution is 2.44. The maximum Gasteiger partial charge on any atom is 0.416 e. The molecule has 1 saturated carbocycles. The van der Waals surface area contributed by atoms with E-state index in [2.05, 4.69) is 4.98 Å². The first-order valence-electron chi connectivity index (χ1n) is 9.49. The number of ether oxygens (including phenoxy) is 1. The molecule has 1 aromatic heterocycles. The lowest BCUT2D eigenvalue weighted by Crippen LogP contribution is -2.44. The van der Waals surface area contributed by atoms with Crippen molar-refractivity contribution in [3.63, 3.8) is 0 Å². The zero-order valence-corrected chi connectivity index (χ0v) is 17.0. The summed E-state index contributed by atoms with van der Waals surface area (Å²) < 4.78 is 58.5. The van der Waals surface area contributed by atoms with Crippen molar-refractivity contribution in [2.75, 3.05) is 37.9 Å². The number of anilines is 2. The van der Waals surface area contributed by atoms with Gasteiger partial charge in [-0.1, -0.05) is 6.42 Å². The molecule has 0 unspecified atom stereocenters. The third-order valence-electron chi connectivity index (χ3n) is 5.55. The summed E-state index contributed by atoms with van der Waals surface area (Å²) in [5, 5.41) is 11.6. The van der Waals surface area contributed by atoms with Crippen LogP contribution in [-0.4, -0.2) is 37.2 Å². The minimum atomic E-state index is -4.76. The van der Waals surface area contributed by atoms with Crippen LogP contribution in [0.2, 0.25) is 0 Å². The molecule has 2 aromatic rings. The van der Waals surface area contributed by atoms with Crippen LogP contribution in [0, 0.1) is 21.3 Å². The fourth-order valence-corrected chi connectivity index (χ4v) is 3.99. The number of nitrogens with zero attached hydrogens (tertiary/aromatic N) is 3. The fraction of sp³-hybridized carbons (Fsp3) is 0.450. The molecule has 0 atom stereocenters. The van der Waals surface area contributed by atoms with Crippen LogP contribution in [-0.2, 0) is 10.9 Å². The standard InChI is InChI=1S/C20H22F4N4O3/c1-27(10-19(11-31-2)4-3-5-19)16-9-15(26-18(25)17(16)28(29)30)12-6-13(20(22,23)24)8-14(21)7-12/h6-9H,3-5,10-11H2,1-2H3,(H2,25,26). The van der Waals surface area contributed by atoms with Crippen LogP contribution in [0.3, 0.4) is 0 Å². The van der Waals surface area contributed by atoms with Crippen LogP contribution in [0.4, 0.5) is 34.8 Å². The van der Waals surface area contributed by atoms with E-state index in [4.69, 9.17) is 10.5 Å². The molecule has 168 valence electrons. The molecule has 0 amide bonds. The largest absolute Gasteiger partial charge is 0.416 e. The molecule has 1 heterocycles. The number of alkyl halides is 3. The lowest BCUT2D eigenvalue weighted by molar-refractivity contribution is -0.383. The van der Waals surface area contributed by atoms with Crippen LogP contribution < -0.4 is 10.6 Å². The Kier molecular flexibility index (Phi) is 6.08. The Morgan fingerprint density at radius 2 is 1.97 bits per heavy atom. The van der Waals surface area contributed by atoms with Gasteiger partial charge in [0.05, 0.1) is 22.8 Å². The van der Waals surface area contributed by atoms with Gasteiger partial charge in [-0.25, -0.2) is 9.37 Å². The van der Waals surface area contributed by atoms with Crippen molar-refractivity contribution in [2.24, 2.45) is 5.41 Å². The van der Waals surface area contributed by atoms with Gasteiger partial charge in [-0.3, -0.25) is 10.1 Å². The summed E-state index contributed by atoms with van der Waals surface area (Å²) >= 11 is 0. The molecule has 31 heavy (non-hydrogen) atoms. The summed E-state index contributed by atoms with van der Waals surface area (Å²) in [5.41, 5.74) is 3.80. The van der Waals surface area contributed by atoms with E-state index in [1.807, 2.05) is 0 Å². The topological polar surface area (TPSA) is 94.5 Å². The lowest BCUT2D eigenvalue weighted by Gasteiger charge is -2.44. The van der Waals surface area contributed by atoms with Crippen LogP contribution in [0.15, 0.2) is 24.3 Å². The Morgan fingerprint density at radius 3 is 2.48 bits per heavy atom. The zero-order chi connectivity index (χ0) is 23.0. The van der Waals surface area contributed by atoms with Crippen molar-refractivity contribution < 1.29 is 27.2 Å². The number of nitro groups is 1. The third kappa shape index (κ3) is 4.71. The second-order valence-corrected chi connectivity index (χ2v) is 7.89. The molecule has 3 rings (SSSR count). The van der Waals surface area contributed by atoms with E-state index in [0.29, 0.717) is 19.2 Å². The van der Waals surface area contributed by atoms with Gasteiger partial charge < -0.3 is 15.4 Å². The van der Waals surface area contributed by atoms with Crippen LogP contribution in [0.5, 0.6) is 0 Å². The molecule has 1 aliphatic rings. The molecule has 0 bridgehead atoms. The third-order valence-corrected chi connectivity index (χ3v) is 5.55. The highest BCUT2D eigenvalue weighted by Gasteiger charge is 2.39. The number of aromatic nitrogens is 1. The average molecular weight is 442 g/mol. The van der Waals surface area contributed by atoms with Crippen molar-refractivity contribution in [3.8, 4) is 11.3 Å². The molecule has 7 nitrogen and oxygen atoms in total. The van der Waals surface area contributed by atoms with E-state index in [-0.39, 0.29) is 22.4 Å². The second-order valence-electron chi connectivity index (χ2n) is 7.89. The summed E-state index contributed by atoms with van der Waals surface area (Å²) in [6.07, 6.45) is -2.00. The molecule has 1 aromatic carbocycles. The van der Waals surface area contributed by atoms with E-state index < -0.39 is 34.0 Å². The molecular weight excluding hydrogens is 420 g/mol. The maximum atomic E-state index is 13.9. The summed E-state index contributed by atoms with van der Waals surface area (Å²) in [6, 6.07) is 3.25. The number of nitrogens with two attached hydrogens (primary N) is 1. The number of pyridine rings is 1. The van der Waals surface area contributed by atoms with Crippen molar-refractivity contribution in [1.29, 1.82) is 0 Å². The monoisotopic (exact) mass is 442 g/mol. The number of hydrogen-bond acceptors (Lipinski definition) is 6. The highest BCUT2D eigenvalue weighted by molar-refractivity contribution is 5.79. The SMILES string of the molecule is COCC1(CN(C)c2cc(-c3cc(F)cc(C(F)(F)F)c3)nc(N)c2[N+](=O)[O-])CCC1. The number of benzene rings is 1. The minimum Gasteiger partial charge on any atom is -0.384 e. The predicted molar refractivity (Wildman–Crippen MR) is 107 cm³/mol. The van der Waals surface area contributed by atoms with E-state index in [1.165, 1.54) is 6.07 Å². The summed E-state index contributed by atoms with van der Waals surface area (Å²) in [7, 11) is 3.21. The van der Waals surface area contributed by atoms with Gasteiger partial charge in [-0.2, -0.15) is 13.2 Å². The highest BCUT2D eigenvalue weighted by atomic mass is 19.4. The molecule has 2 N–H and O–H groups in total. The van der Waals surface area contributed by atoms with Gasteiger partial charge in [0.15, 0.2) is 0 Å². The van der Waals surface area contributed by atoms with Gasteiger partial charge in [0.2, 0.25) is 5.82 Å². The van der Waals surface area contributed by atoms with E-state index in [0.717, 1.165) is 31.4 Å². The van der Waals surface area contributed by atoms with E-state index in [9.17, 15) is 27.7 Å². The Labute approximate surface area is 176 Å². The van der Waals surface area contributed by atoms with Crippen LogP contribution in [0.25, 0.3) is 11.3 Å². The van der Waals surface area contributed by atoms with Gasteiger partial charge in [0.1, 0.15) is 11.5 Å². The number of methoxy groups -OCH3 is 1. The lowest BCUT2D eigenvalue weighted by atomic mass is 9.69. The predicted octanol–water partition coefficient (Wildman–Crippen LogP) is 4.65.